The van der Waals surface area contributed by atoms with Crippen molar-refractivity contribution < 1.29 is 18.3 Å². The third kappa shape index (κ3) is 2.95. The van der Waals surface area contributed by atoms with Crippen molar-refractivity contribution in [3.63, 3.8) is 0 Å². The Labute approximate surface area is 104 Å². The maximum atomic E-state index is 11.3. The van der Waals surface area contributed by atoms with Crippen LogP contribution < -0.4 is 5.32 Å². The summed E-state index contributed by atoms with van der Waals surface area (Å²) in [6.45, 7) is 0.387. The molecule has 2 rings (SSSR count). The molecular weight excluding hydrogens is 258 g/mol. The second kappa shape index (κ2) is 4.89. The number of anilines is 1. The topological polar surface area (TPSA) is 109 Å². The van der Waals surface area contributed by atoms with Crippen molar-refractivity contribution in [2.45, 2.75) is 6.42 Å². The molecule has 1 aliphatic rings. The summed E-state index contributed by atoms with van der Waals surface area (Å²) >= 11 is 0. The lowest BCUT2D eigenvalue weighted by atomic mass is 10.1. The first-order valence-corrected chi connectivity index (χ1v) is 7.29. The first kappa shape index (κ1) is 12.7. The smallest absolute Gasteiger partial charge is 0.358 e. The molecule has 0 aromatic carbocycles. The lowest BCUT2D eigenvalue weighted by Gasteiger charge is -2.10. The summed E-state index contributed by atoms with van der Waals surface area (Å²) in [7, 11) is -2.92. The van der Waals surface area contributed by atoms with Crippen LogP contribution in [0.1, 0.15) is 16.9 Å². The van der Waals surface area contributed by atoms with Gasteiger partial charge in [-0.05, 0) is 12.3 Å². The van der Waals surface area contributed by atoms with Crippen LogP contribution in [0.4, 0.5) is 5.82 Å². The highest BCUT2D eigenvalue weighted by atomic mass is 32.2. The first-order chi connectivity index (χ1) is 8.48. The molecular formula is C10H13N3O4S. The van der Waals surface area contributed by atoms with Crippen LogP contribution in [0.2, 0.25) is 0 Å². The predicted molar refractivity (Wildman–Crippen MR) is 64.2 cm³/mol. The van der Waals surface area contributed by atoms with Crippen molar-refractivity contribution in [3.8, 4) is 0 Å². The number of hydrogen-bond acceptors (Lipinski definition) is 6. The van der Waals surface area contributed by atoms with E-state index in [9.17, 15) is 13.2 Å². The van der Waals surface area contributed by atoms with Crippen molar-refractivity contribution in [2.24, 2.45) is 5.92 Å². The van der Waals surface area contributed by atoms with E-state index in [2.05, 4.69) is 15.3 Å². The van der Waals surface area contributed by atoms with Gasteiger partial charge in [0.2, 0.25) is 0 Å². The Morgan fingerprint density at radius 1 is 1.44 bits per heavy atom. The molecule has 0 bridgehead atoms. The van der Waals surface area contributed by atoms with Crippen molar-refractivity contribution in [1.29, 1.82) is 0 Å². The largest absolute Gasteiger partial charge is 0.476 e. The molecule has 18 heavy (non-hydrogen) atoms. The highest BCUT2D eigenvalue weighted by Crippen LogP contribution is 2.19. The van der Waals surface area contributed by atoms with Gasteiger partial charge in [0.15, 0.2) is 21.3 Å². The molecule has 1 unspecified atom stereocenters. The van der Waals surface area contributed by atoms with Crippen LogP contribution in [-0.2, 0) is 9.84 Å². The fraction of sp³-hybridized carbons (Fsp3) is 0.500. The summed E-state index contributed by atoms with van der Waals surface area (Å²) in [5, 5.41) is 11.8. The zero-order valence-corrected chi connectivity index (χ0v) is 10.4. The number of rotatable bonds is 4. The molecule has 1 aliphatic heterocycles. The standard InChI is InChI=1S/C10H13N3O4S/c14-10(15)8-9(12-3-2-11-8)13-5-7-1-4-18(16,17)6-7/h2-3,7H,1,4-6H2,(H,12,13)(H,14,15). The van der Waals surface area contributed by atoms with Crippen LogP contribution in [0.3, 0.4) is 0 Å². The number of hydrogen-bond donors (Lipinski definition) is 2. The molecule has 2 N–H and O–H groups in total. The van der Waals surface area contributed by atoms with E-state index in [0.717, 1.165) is 0 Å². The third-order valence-corrected chi connectivity index (χ3v) is 4.62. The van der Waals surface area contributed by atoms with E-state index in [1.54, 1.807) is 0 Å². The van der Waals surface area contributed by atoms with Gasteiger partial charge < -0.3 is 10.4 Å². The summed E-state index contributed by atoms with van der Waals surface area (Å²) in [5.41, 5.74) is -0.154. The average Bonchev–Trinajstić information content (AvgIpc) is 2.66. The molecule has 7 nitrogen and oxygen atoms in total. The molecule has 1 saturated heterocycles. The molecule has 98 valence electrons. The lowest BCUT2D eigenvalue weighted by molar-refractivity contribution is 0.0691. The molecule has 1 fully saturated rings. The normalized spacial score (nSPS) is 21.7. The van der Waals surface area contributed by atoms with Crippen LogP contribution in [0, 0.1) is 5.92 Å². The Balaban J connectivity index is 2.01. The molecule has 0 amide bonds. The van der Waals surface area contributed by atoms with Crippen molar-refractivity contribution in [3.05, 3.63) is 18.1 Å². The number of carbonyl (C=O) groups is 1. The van der Waals surface area contributed by atoms with Crippen molar-refractivity contribution in [2.75, 3.05) is 23.4 Å². The van der Waals surface area contributed by atoms with Gasteiger partial charge in [0.25, 0.3) is 0 Å². The van der Waals surface area contributed by atoms with E-state index < -0.39 is 15.8 Å². The Morgan fingerprint density at radius 2 is 2.17 bits per heavy atom. The zero-order valence-electron chi connectivity index (χ0n) is 9.54. The number of aromatic carboxylic acids is 1. The summed E-state index contributed by atoms with van der Waals surface area (Å²) in [6.07, 6.45) is 3.28. The summed E-state index contributed by atoms with van der Waals surface area (Å²) in [5.74, 6) is -0.647. The van der Waals surface area contributed by atoms with E-state index in [1.807, 2.05) is 0 Å². The molecule has 1 aromatic heterocycles. The molecule has 8 heteroatoms. The Kier molecular flexibility index (Phi) is 3.46. The van der Waals surface area contributed by atoms with Gasteiger partial charge in [-0.1, -0.05) is 0 Å². The number of aromatic nitrogens is 2. The van der Waals surface area contributed by atoms with Crippen molar-refractivity contribution >= 4 is 21.6 Å². The first-order valence-electron chi connectivity index (χ1n) is 5.46. The quantitative estimate of drug-likeness (QED) is 0.794. The second-order valence-electron chi connectivity index (χ2n) is 4.21. The van der Waals surface area contributed by atoms with Gasteiger partial charge in [-0.15, -0.1) is 0 Å². The van der Waals surface area contributed by atoms with Gasteiger partial charge in [0.05, 0.1) is 11.5 Å². The Hall–Kier alpha value is -1.70. The number of carboxylic acid groups (broad SMARTS) is 1. The summed E-state index contributed by atoms with van der Waals surface area (Å²) < 4.78 is 22.6. The maximum absolute atomic E-state index is 11.3. The third-order valence-electron chi connectivity index (χ3n) is 2.79. The summed E-state index contributed by atoms with van der Waals surface area (Å²) in [4.78, 5) is 18.5. The van der Waals surface area contributed by atoms with Gasteiger partial charge in [0.1, 0.15) is 0 Å². The van der Waals surface area contributed by atoms with Crippen LogP contribution in [0.15, 0.2) is 12.4 Å². The predicted octanol–water partition coefficient (Wildman–Crippen LogP) is 0.0214. The maximum Gasteiger partial charge on any atom is 0.358 e. The molecule has 0 radical (unpaired) electrons. The lowest BCUT2D eigenvalue weighted by Crippen LogP contribution is -2.18. The number of nitrogens with one attached hydrogen (secondary N) is 1. The molecule has 1 atom stereocenters. The van der Waals surface area contributed by atoms with Gasteiger partial charge in [-0.25, -0.2) is 23.2 Å². The summed E-state index contributed by atoms with van der Waals surface area (Å²) in [6, 6.07) is 0. The van der Waals surface area contributed by atoms with Gasteiger partial charge in [-0.2, -0.15) is 0 Å². The van der Waals surface area contributed by atoms with Crippen LogP contribution in [0.25, 0.3) is 0 Å². The Bertz CT molecular complexity index is 558. The minimum absolute atomic E-state index is 0.00125. The molecule has 1 aromatic rings. The Morgan fingerprint density at radius 3 is 2.78 bits per heavy atom. The van der Waals surface area contributed by atoms with Gasteiger partial charge in [-0.3, -0.25) is 0 Å². The van der Waals surface area contributed by atoms with Crippen LogP contribution >= 0.6 is 0 Å². The average molecular weight is 271 g/mol. The SMILES string of the molecule is O=C(O)c1nccnc1NCC1CCS(=O)(=O)C1. The molecule has 0 aliphatic carbocycles. The molecule has 0 spiro atoms. The fourth-order valence-corrected chi connectivity index (χ4v) is 3.76. The fourth-order valence-electron chi connectivity index (χ4n) is 1.90. The minimum atomic E-state index is -2.92. The van der Waals surface area contributed by atoms with Crippen LogP contribution in [-0.4, -0.2) is 47.5 Å². The monoisotopic (exact) mass is 271 g/mol. The van der Waals surface area contributed by atoms with E-state index in [1.165, 1.54) is 12.4 Å². The van der Waals surface area contributed by atoms with Gasteiger partial charge in [0, 0.05) is 18.9 Å². The second-order valence-corrected chi connectivity index (χ2v) is 6.44. The van der Waals surface area contributed by atoms with E-state index in [-0.39, 0.29) is 28.9 Å². The van der Waals surface area contributed by atoms with E-state index in [4.69, 9.17) is 5.11 Å². The zero-order chi connectivity index (χ0) is 13.2. The highest BCUT2D eigenvalue weighted by molar-refractivity contribution is 7.91. The molecule has 2 heterocycles. The molecule has 0 saturated carbocycles. The highest BCUT2D eigenvalue weighted by Gasteiger charge is 2.28. The number of sulfone groups is 1. The van der Waals surface area contributed by atoms with Gasteiger partial charge >= 0.3 is 5.97 Å². The number of carboxylic acids is 1. The van der Waals surface area contributed by atoms with E-state index >= 15 is 0 Å². The van der Waals surface area contributed by atoms with Crippen LogP contribution in [0.5, 0.6) is 0 Å². The number of nitrogens with zero attached hydrogens (tertiary/aromatic N) is 2. The van der Waals surface area contributed by atoms with Crippen molar-refractivity contribution in [1.82, 2.24) is 9.97 Å². The minimum Gasteiger partial charge on any atom is -0.476 e. The van der Waals surface area contributed by atoms with E-state index in [0.29, 0.717) is 13.0 Å².